The van der Waals surface area contributed by atoms with E-state index in [-0.39, 0.29) is 12.0 Å². The van der Waals surface area contributed by atoms with Crippen molar-refractivity contribution in [2.24, 2.45) is 5.41 Å². The molecule has 0 aliphatic carbocycles. The van der Waals surface area contributed by atoms with Gasteiger partial charge in [0.2, 0.25) is 5.91 Å². The summed E-state index contributed by atoms with van der Waals surface area (Å²) in [6, 6.07) is 0. The first-order valence-electron chi connectivity index (χ1n) is 5.93. The van der Waals surface area contributed by atoms with Crippen molar-refractivity contribution in [2.75, 3.05) is 52.9 Å². The van der Waals surface area contributed by atoms with Gasteiger partial charge in [-0.05, 0) is 7.05 Å². The molecule has 3 aliphatic rings. The molecule has 0 saturated carbocycles. The van der Waals surface area contributed by atoms with E-state index in [0.717, 1.165) is 13.1 Å². The molecule has 0 unspecified atom stereocenters. The zero-order valence-corrected chi connectivity index (χ0v) is 9.72. The van der Waals surface area contributed by atoms with Crippen LogP contribution < -0.4 is 0 Å². The van der Waals surface area contributed by atoms with Crippen LogP contribution in [-0.2, 0) is 4.79 Å². The highest BCUT2D eigenvalue weighted by Crippen LogP contribution is 2.38. The number of aliphatic hydroxyl groups excluding tert-OH is 1. The standard InChI is InChI=1S/C11H19N3O2/c1-12-5-11(6-12)7-13(8-11)4-10(16)14-2-9(15)3-14/h9,15H,2-8H2,1H3. The lowest BCUT2D eigenvalue weighted by atomic mass is 9.73. The fraction of sp³-hybridized carbons (Fsp3) is 0.909. The number of nitrogens with zero attached hydrogens (tertiary/aromatic N) is 3. The van der Waals surface area contributed by atoms with Gasteiger partial charge in [-0.15, -0.1) is 0 Å². The van der Waals surface area contributed by atoms with Crippen LogP contribution in [0.1, 0.15) is 0 Å². The van der Waals surface area contributed by atoms with Gasteiger partial charge in [-0.2, -0.15) is 0 Å². The summed E-state index contributed by atoms with van der Waals surface area (Å²) < 4.78 is 0. The molecule has 90 valence electrons. The van der Waals surface area contributed by atoms with E-state index in [4.69, 9.17) is 5.11 Å². The van der Waals surface area contributed by atoms with Gasteiger partial charge in [0.05, 0.1) is 12.6 Å². The molecule has 3 aliphatic heterocycles. The fourth-order valence-electron chi connectivity index (χ4n) is 3.26. The molecule has 16 heavy (non-hydrogen) atoms. The molecule has 0 aromatic heterocycles. The molecule has 1 N–H and O–H groups in total. The van der Waals surface area contributed by atoms with E-state index in [9.17, 15) is 4.79 Å². The average molecular weight is 225 g/mol. The Balaban J connectivity index is 1.40. The van der Waals surface area contributed by atoms with Crippen molar-refractivity contribution in [1.29, 1.82) is 0 Å². The zero-order chi connectivity index (χ0) is 11.3. The van der Waals surface area contributed by atoms with E-state index < -0.39 is 0 Å². The molecule has 3 heterocycles. The van der Waals surface area contributed by atoms with Gasteiger partial charge in [0.15, 0.2) is 0 Å². The van der Waals surface area contributed by atoms with Gasteiger partial charge in [0.25, 0.3) is 0 Å². The number of carbonyl (C=O) groups excluding carboxylic acids is 1. The number of carbonyl (C=O) groups is 1. The van der Waals surface area contributed by atoms with Crippen LogP contribution in [0.2, 0.25) is 0 Å². The van der Waals surface area contributed by atoms with Gasteiger partial charge in [-0.25, -0.2) is 0 Å². The summed E-state index contributed by atoms with van der Waals surface area (Å²) >= 11 is 0. The lowest BCUT2D eigenvalue weighted by molar-refractivity contribution is -0.151. The van der Waals surface area contributed by atoms with E-state index in [1.807, 2.05) is 0 Å². The van der Waals surface area contributed by atoms with Crippen LogP contribution in [0.3, 0.4) is 0 Å². The van der Waals surface area contributed by atoms with E-state index in [2.05, 4.69) is 16.8 Å². The zero-order valence-electron chi connectivity index (χ0n) is 9.72. The SMILES string of the molecule is CN1CC2(C1)CN(CC(=O)N1CC(O)C1)C2. The third-order valence-corrected chi connectivity index (χ3v) is 3.90. The Morgan fingerprint density at radius 3 is 2.44 bits per heavy atom. The molecule has 3 fully saturated rings. The Morgan fingerprint density at radius 1 is 1.31 bits per heavy atom. The Morgan fingerprint density at radius 2 is 1.94 bits per heavy atom. The summed E-state index contributed by atoms with van der Waals surface area (Å²) in [6.45, 7) is 6.10. The van der Waals surface area contributed by atoms with Crippen LogP contribution in [0.5, 0.6) is 0 Å². The van der Waals surface area contributed by atoms with Crippen molar-refractivity contribution in [3.05, 3.63) is 0 Å². The quantitative estimate of drug-likeness (QED) is 0.617. The molecule has 0 radical (unpaired) electrons. The van der Waals surface area contributed by atoms with E-state index in [0.29, 0.717) is 25.0 Å². The van der Waals surface area contributed by atoms with Crippen LogP contribution in [0.15, 0.2) is 0 Å². The molecule has 3 rings (SSSR count). The molecular formula is C11H19N3O2. The minimum absolute atomic E-state index is 0.174. The van der Waals surface area contributed by atoms with Crippen molar-refractivity contribution >= 4 is 5.91 Å². The molecule has 5 nitrogen and oxygen atoms in total. The Hall–Kier alpha value is -0.650. The van der Waals surface area contributed by atoms with Gasteiger partial charge in [0, 0.05) is 44.7 Å². The number of hydrogen-bond acceptors (Lipinski definition) is 4. The molecule has 0 atom stereocenters. The highest BCUT2D eigenvalue weighted by atomic mass is 16.3. The minimum atomic E-state index is -0.285. The van der Waals surface area contributed by atoms with E-state index >= 15 is 0 Å². The normalized spacial score (nSPS) is 29.8. The third-order valence-electron chi connectivity index (χ3n) is 3.90. The summed E-state index contributed by atoms with van der Waals surface area (Å²) in [5.41, 5.74) is 0.503. The van der Waals surface area contributed by atoms with Gasteiger partial charge in [-0.3, -0.25) is 9.69 Å². The first kappa shape index (κ1) is 10.5. The first-order valence-corrected chi connectivity index (χ1v) is 5.93. The first-order chi connectivity index (χ1) is 7.56. The van der Waals surface area contributed by atoms with Crippen LogP contribution in [0, 0.1) is 5.41 Å². The van der Waals surface area contributed by atoms with E-state index in [1.54, 1.807) is 4.90 Å². The maximum Gasteiger partial charge on any atom is 0.236 e. The molecule has 0 bridgehead atoms. The lowest BCUT2D eigenvalue weighted by Gasteiger charge is -2.59. The molecule has 1 spiro atoms. The topological polar surface area (TPSA) is 47.0 Å². The lowest BCUT2D eigenvalue weighted by Crippen LogP contribution is -2.72. The molecule has 1 amide bonds. The van der Waals surface area contributed by atoms with Gasteiger partial charge < -0.3 is 14.9 Å². The third kappa shape index (κ3) is 1.63. The van der Waals surface area contributed by atoms with Crippen molar-refractivity contribution in [2.45, 2.75) is 6.10 Å². The van der Waals surface area contributed by atoms with Crippen LogP contribution >= 0.6 is 0 Å². The molecule has 3 saturated heterocycles. The number of hydrogen-bond donors (Lipinski definition) is 1. The van der Waals surface area contributed by atoms with Gasteiger partial charge in [0.1, 0.15) is 0 Å². The Kier molecular flexibility index (Phi) is 2.24. The average Bonchev–Trinajstić information content (AvgIpc) is 2.06. The van der Waals surface area contributed by atoms with Crippen molar-refractivity contribution in [3.8, 4) is 0 Å². The summed E-state index contributed by atoms with van der Waals surface area (Å²) in [4.78, 5) is 18.0. The predicted octanol–water partition coefficient (Wildman–Crippen LogP) is -1.56. The smallest absolute Gasteiger partial charge is 0.236 e. The highest BCUT2D eigenvalue weighted by molar-refractivity contribution is 5.79. The Bertz CT molecular complexity index is 300. The number of β-amino-alcohol motifs (C(OH)–C–C–N with tert-alkyl or cyclic N) is 1. The Labute approximate surface area is 95.6 Å². The fourth-order valence-corrected chi connectivity index (χ4v) is 3.26. The summed E-state index contributed by atoms with van der Waals surface area (Å²) in [5.74, 6) is 0.174. The van der Waals surface area contributed by atoms with Crippen molar-refractivity contribution in [3.63, 3.8) is 0 Å². The van der Waals surface area contributed by atoms with Crippen molar-refractivity contribution < 1.29 is 9.90 Å². The molecule has 0 aromatic rings. The highest BCUT2D eigenvalue weighted by Gasteiger charge is 2.50. The van der Waals surface area contributed by atoms with Gasteiger partial charge >= 0.3 is 0 Å². The number of rotatable bonds is 2. The monoisotopic (exact) mass is 225 g/mol. The largest absolute Gasteiger partial charge is 0.389 e. The second kappa shape index (κ2) is 3.42. The van der Waals surface area contributed by atoms with Crippen LogP contribution in [0.4, 0.5) is 0 Å². The predicted molar refractivity (Wildman–Crippen MR) is 59.0 cm³/mol. The summed E-state index contributed by atoms with van der Waals surface area (Å²) in [7, 11) is 2.14. The molecule has 0 aromatic carbocycles. The number of likely N-dealkylation sites (tertiary alicyclic amines) is 3. The molecular weight excluding hydrogens is 206 g/mol. The van der Waals surface area contributed by atoms with Gasteiger partial charge in [-0.1, -0.05) is 0 Å². The number of aliphatic hydroxyl groups is 1. The van der Waals surface area contributed by atoms with E-state index in [1.165, 1.54) is 13.1 Å². The van der Waals surface area contributed by atoms with Crippen LogP contribution in [-0.4, -0.2) is 84.7 Å². The summed E-state index contributed by atoms with van der Waals surface area (Å²) in [5, 5.41) is 9.12. The number of amides is 1. The van der Waals surface area contributed by atoms with Crippen LogP contribution in [0.25, 0.3) is 0 Å². The molecule has 5 heteroatoms. The maximum absolute atomic E-state index is 11.7. The second-order valence-electron chi connectivity index (χ2n) is 5.77. The maximum atomic E-state index is 11.7. The summed E-state index contributed by atoms with van der Waals surface area (Å²) in [6.07, 6.45) is -0.285. The minimum Gasteiger partial charge on any atom is -0.389 e. The second-order valence-corrected chi connectivity index (χ2v) is 5.77. The van der Waals surface area contributed by atoms with Crippen molar-refractivity contribution in [1.82, 2.24) is 14.7 Å².